The smallest absolute Gasteiger partial charge is 0.264 e. The Labute approximate surface area is 145 Å². The molecule has 0 bridgehead atoms. The molecule has 1 aliphatic heterocycles. The van der Waals surface area contributed by atoms with Gasteiger partial charge in [-0.3, -0.25) is 10.1 Å². The summed E-state index contributed by atoms with van der Waals surface area (Å²) in [5, 5.41) is 2.71. The Morgan fingerprint density at radius 1 is 1.28 bits per heavy atom. The number of aromatic amines is 1. The minimum atomic E-state index is -0.283. The molecule has 0 saturated carbocycles. The number of hydrogen-bond donors (Lipinski definition) is 2. The molecule has 0 atom stereocenters. The number of rotatable bonds is 4. The summed E-state index contributed by atoms with van der Waals surface area (Å²) in [6, 6.07) is 13.3. The lowest BCUT2D eigenvalue weighted by molar-refractivity contribution is -0.118. The molecule has 6 nitrogen and oxygen atoms in total. The number of benzene rings is 2. The standard InChI is InChI=1S/C19H19N3O3/c1-19(2)10-12-6-5-9-15(17(12)25-19)24-11-16(23)22-18-20-13-7-3-4-8-14(13)21-18/h3-9H,10-11H2,1-2H3,(H2,20,21,22,23). The molecule has 0 unspecified atom stereocenters. The van der Waals surface area contributed by atoms with E-state index in [4.69, 9.17) is 9.47 Å². The van der Waals surface area contributed by atoms with Crippen molar-refractivity contribution in [3.63, 3.8) is 0 Å². The van der Waals surface area contributed by atoms with Crippen LogP contribution < -0.4 is 14.8 Å². The van der Waals surface area contributed by atoms with Crippen molar-refractivity contribution in [2.24, 2.45) is 0 Å². The number of aromatic nitrogens is 2. The molecule has 0 fully saturated rings. The number of H-pyrrole nitrogens is 1. The summed E-state index contributed by atoms with van der Waals surface area (Å²) in [5.74, 6) is 1.44. The van der Waals surface area contributed by atoms with Crippen molar-refractivity contribution >= 4 is 22.9 Å². The van der Waals surface area contributed by atoms with E-state index in [1.807, 2.05) is 56.3 Å². The molecule has 0 spiro atoms. The molecular formula is C19H19N3O3. The summed E-state index contributed by atoms with van der Waals surface area (Å²) in [5.41, 5.74) is 2.52. The van der Waals surface area contributed by atoms with Gasteiger partial charge in [0.2, 0.25) is 5.95 Å². The van der Waals surface area contributed by atoms with E-state index in [0.717, 1.165) is 28.8 Å². The van der Waals surface area contributed by atoms with E-state index in [1.165, 1.54) is 0 Å². The SMILES string of the molecule is CC1(C)Cc2cccc(OCC(=O)Nc3nc4ccccc4[nH]3)c2O1. The highest BCUT2D eigenvalue weighted by atomic mass is 16.5. The Hall–Kier alpha value is -3.02. The Balaban J connectivity index is 1.42. The fourth-order valence-corrected chi connectivity index (χ4v) is 3.02. The molecule has 0 radical (unpaired) electrons. The van der Waals surface area contributed by atoms with Crippen molar-refractivity contribution in [2.45, 2.75) is 25.9 Å². The van der Waals surface area contributed by atoms with Crippen molar-refractivity contribution in [2.75, 3.05) is 11.9 Å². The summed E-state index contributed by atoms with van der Waals surface area (Å²) >= 11 is 0. The van der Waals surface area contributed by atoms with Gasteiger partial charge >= 0.3 is 0 Å². The predicted octanol–water partition coefficient (Wildman–Crippen LogP) is 3.29. The average Bonchev–Trinajstić information content (AvgIpc) is 3.10. The zero-order valence-electron chi connectivity index (χ0n) is 14.1. The fraction of sp³-hybridized carbons (Fsp3) is 0.263. The van der Waals surface area contributed by atoms with Crippen LogP contribution in [-0.2, 0) is 11.2 Å². The van der Waals surface area contributed by atoms with Crippen LogP contribution in [0, 0.1) is 0 Å². The first-order chi connectivity index (χ1) is 12.0. The van der Waals surface area contributed by atoms with Crippen LogP contribution in [0.4, 0.5) is 5.95 Å². The van der Waals surface area contributed by atoms with E-state index in [2.05, 4.69) is 15.3 Å². The second-order valence-electron chi connectivity index (χ2n) is 6.72. The summed E-state index contributed by atoms with van der Waals surface area (Å²) in [4.78, 5) is 19.5. The van der Waals surface area contributed by atoms with E-state index in [-0.39, 0.29) is 18.1 Å². The molecule has 4 rings (SSSR count). The van der Waals surface area contributed by atoms with Crippen LogP contribution in [0.3, 0.4) is 0 Å². The van der Waals surface area contributed by atoms with Gasteiger partial charge in [-0.15, -0.1) is 0 Å². The Morgan fingerprint density at radius 3 is 2.96 bits per heavy atom. The zero-order valence-corrected chi connectivity index (χ0v) is 14.1. The van der Waals surface area contributed by atoms with Crippen molar-refractivity contribution in [3.8, 4) is 11.5 Å². The predicted molar refractivity (Wildman–Crippen MR) is 95.1 cm³/mol. The quantitative estimate of drug-likeness (QED) is 0.766. The van der Waals surface area contributed by atoms with Gasteiger partial charge in [0.1, 0.15) is 5.60 Å². The molecule has 3 aromatic rings. The lowest BCUT2D eigenvalue weighted by atomic mass is 10.0. The molecule has 0 saturated heterocycles. The molecule has 2 N–H and O–H groups in total. The minimum Gasteiger partial charge on any atom is -0.483 e. The van der Waals surface area contributed by atoms with E-state index < -0.39 is 0 Å². The first kappa shape index (κ1) is 15.5. The second-order valence-corrected chi connectivity index (χ2v) is 6.72. The normalized spacial score (nSPS) is 14.8. The lowest BCUT2D eigenvalue weighted by Crippen LogP contribution is -2.25. The third-order valence-electron chi connectivity index (χ3n) is 4.06. The van der Waals surface area contributed by atoms with E-state index in [9.17, 15) is 4.79 Å². The first-order valence-electron chi connectivity index (χ1n) is 8.18. The van der Waals surface area contributed by atoms with Gasteiger partial charge < -0.3 is 14.5 Å². The van der Waals surface area contributed by atoms with Crippen LogP contribution >= 0.6 is 0 Å². The third-order valence-corrected chi connectivity index (χ3v) is 4.06. The van der Waals surface area contributed by atoms with Crippen molar-refractivity contribution < 1.29 is 14.3 Å². The number of fused-ring (bicyclic) bond motifs is 2. The van der Waals surface area contributed by atoms with E-state index >= 15 is 0 Å². The van der Waals surface area contributed by atoms with E-state index in [1.54, 1.807) is 0 Å². The Kier molecular flexibility index (Phi) is 3.60. The Bertz CT molecular complexity index is 913. The number of anilines is 1. The lowest BCUT2D eigenvalue weighted by Gasteiger charge is -2.18. The van der Waals surface area contributed by atoms with Crippen LogP contribution in [0.1, 0.15) is 19.4 Å². The summed E-state index contributed by atoms with van der Waals surface area (Å²) < 4.78 is 11.6. The van der Waals surface area contributed by atoms with Gasteiger partial charge in [0.15, 0.2) is 18.1 Å². The largest absolute Gasteiger partial charge is 0.483 e. The number of para-hydroxylation sites is 3. The molecule has 2 aromatic carbocycles. The van der Waals surface area contributed by atoms with Gasteiger partial charge in [0.25, 0.3) is 5.91 Å². The number of amides is 1. The topological polar surface area (TPSA) is 76.2 Å². The van der Waals surface area contributed by atoms with Crippen molar-refractivity contribution in [3.05, 3.63) is 48.0 Å². The highest BCUT2D eigenvalue weighted by Gasteiger charge is 2.32. The summed E-state index contributed by atoms with van der Waals surface area (Å²) in [6.45, 7) is 3.95. The molecule has 2 heterocycles. The number of imidazole rings is 1. The molecule has 1 amide bonds. The van der Waals surface area contributed by atoms with Crippen LogP contribution in [0.25, 0.3) is 11.0 Å². The van der Waals surface area contributed by atoms with Crippen LogP contribution in [0.15, 0.2) is 42.5 Å². The third kappa shape index (κ3) is 3.15. The summed E-state index contributed by atoms with van der Waals surface area (Å²) in [6.07, 6.45) is 0.824. The molecule has 6 heteroatoms. The van der Waals surface area contributed by atoms with Gasteiger partial charge in [-0.05, 0) is 32.0 Å². The van der Waals surface area contributed by atoms with Gasteiger partial charge in [-0.2, -0.15) is 0 Å². The van der Waals surface area contributed by atoms with E-state index in [0.29, 0.717) is 11.7 Å². The van der Waals surface area contributed by atoms with Crippen molar-refractivity contribution in [1.82, 2.24) is 9.97 Å². The average molecular weight is 337 g/mol. The van der Waals surface area contributed by atoms with Crippen molar-refractivity contribution in [1.29, 1.82) is 0 Å². The number of nitrogens with zero attached hydrogens (tertiary/aromatic N) is 1. The monoisotopic (exact) mass is 337 g/mol. The highest BCUT2D eigenvalue weighted by Crippen LogP contribution is 2.41. The van der Waals surface area contributed by atoms with Gasteiger partial charge in [0.05, 0.1) is 11.0 Å². The molecule has 25 heavy (non-hydrogen) atoms. The number of nitrogens with one attached hydrogen (secondary N) is 2. The van der Waals surface area contributed by atoms with Gasteiger partial charge in [0, 0.05) is 12.0 Å². The van der Waals surface area contributed by atoms with Gasteiger partial charge in [-0.1, -0.05) is 24.3 Å². The number of hydrogen-bond acceptors (Lipinski definition) is 4. The number of carbonyl (C=O) groups is 1. The molecule has 128 valence electrons. The number of carbonyl (C=O) groups excluding carboxylic acids is 1. The molecule has 1 aromatic heterocycles. The minimum absolute atomic E-state index is 0.114. The van der Waals surface area contributed by atoms with Crippen LogP contribution in [0.2, 0.25) is 0 Å². The maximum Gasteiger partial charge on any atom is 0.264 e. The number of ether oxygens (including phenoxy) is 2. The van der Waals surface area contributed by atoms with Crippen LogP contribution in [-0.4, -0.2) is 28.1 Å². The maximum atomic E-state index is 12.2. The second kappa shape index (κ2) is 5.81. The molecular weight excluding hydrogens is 318 g/mol. The molecule has 1 aliphatic rings. The first-order valence-corrected chi connectivity index (χ1v) is 8.18. The molecule has 0 aliphatic carbocycles. The summed E-state index contributed by atoms with van der Waals surface area (Å²) in [7, 11) is 0. The van der Waals surface area contributed by atoms with Gasteiger partial charge in [-0.25, -0.2) is 4.98 Å². The fourth-order valence-electron chi connectivity index (χ4n) is 3.02. The maximum absolute atomic E-state index is 12.2. The highest BCUT2D eigenvalue weighted by molar-refractivity contribution is 5.92. The zero-order chi connectivity index (χ0) is 17.4. The Morgan fingerprint density at radius 2 is 2.12 bits per heavy atom. The van der Waals surface area contributed by atoms with Crippen LogP contribution in [0.5, 0.6) is 11.5 Å².